The molecule has 0 aromatic heterocycles. The highest BCUT2D eigenvalue weighted by atomic mass is 35.5. The zero-order chi connectivity index (χ0) is 14.7. The predicted octanol–water partition coefficient (Wildman–Crippen LogP) is 5.05. The Balaban J connectivity index is 2.37. The van der Waals surface area contributed by atoms with Gasteiger partial charge in [0.05, 0.1) is 16.1 Å². The molecule has 3 N–H and O–H groups in total. The molecule has 0 saturated heterocycles. The molecule has 2 rings (SSSR count). The van der Waals surface area contributed by atoms with Crippen molar-refractivity contribution < 1.29 is 0 Å². The molecule has 0 saturated carbocycles. The first-order valence-electron chi connectivity index (χ1n) is 5.87. The third-order valence-corrected chi connectivity index (χ3v) is 4.52. The summed E-state index contributed by atoms with van der Waals surface area (Å²) in [5.41, 5.74) is 4.34. The Morgan fingerprint density at radius 1 is 0.900 bits per heavy atom. The quantitative estimate of drug-likeness (QED) is 0.598. The molecule has 1 unspecified atom stereocenters. The zero-order valence-corrected chi connectivity index (χ0v) is 13.4. The van der Waals surface area contributed by atoms with Crippen molar-refractivity contribution in [2.75, 3.05) is 0 Å². The molecule has 0 spiro atoms. The van der Waals surface area contributed by atoms with Crippen LogP contribution in [0.1, 0.15) is 17.2 Å². The van der Waals surface area contributed by atoms with Crippen LogP contribution >= 0.6 is 46.4 Å². The highest BCUT2D eigenvalue weighted by molar-refractivity contribution is 6.42. The van der Waals surface area contributed by atoms with Crippen LogP contribution in [0.2, 0.25) is 20.1 Å². The fourth-order valence-corrected chi connectivity index (χ4v) is 3.07. The van der Waals surface area contributed by atoms with Gasteiger partial charge in [-0.1, -0.05) is 64.6 Å². The SMILES string of the molecule is NNC(Cc1cccc(Cl)c1Cl)c1c(Cl)cccc1Cl. The van der Waals surface area contributed by atoms with Crippen LogP contribution in [0.3, 0.4) is 0 Å². The van der Waals surface area contributed by atoms with E-state index in [0.717, 1.165) is 11.1 Å². The highest BCUT2D eigenvalue weighted by Crippen LogP contribution is 2.34. The van der Waals surface area contributed by atoms with Crippen LogP contribution in [0.15, 0.2) is 36.4 Å². The molecule has 2 nitrogen and oxygen atoms in total. The van der Waals surface area contributed by atoms with E-state index in [1.165, 1.54) is 0 Å². The summed E-state index contributed by atoms with van der Waals surface area (Å²) in [6.07, 6.45) is 0.527. The molecule has 0 radical (unpaired) electrons. The maximum Gasteiger partial charge on any atom is 0.0624 e. The molecule has 0 bridgehead atoms. The van der Waals surface area contributed by atoms with Crippen molar-refractivity contribution in [1.82, 2.24) is 5.43 Å². The number of nitrogens with one attached hydrogen (secondary N) is 1. The second kappa shape index (κ2) is 6.99. The van der Waals surface area contributed by atoms with Crippen molar-refractivity contribution in [3.63, 3.8) is 0 Å². The lowest BCUT2D eigenvalue weighted by atomic mass is 9.99. The van der Waals surface area contributed by atoms with Gasteiger partial charge in [-0.25, -0.2) is 0 Å². The molecule has 106 valence electrons. The van der Waals surface area contributed by atoms with Gasteiger partial charge in [0, 0.05) is 15.6 Å². The lowest BCUT2D eigenvalue weighted by Crippen LogP contribution is -2.30. The second-order valence-electron chi connectivity index (χ2n) is 4.27. The molecular weight excluding hydrogens is 338 g/mol. The van der Waals surface area contributed by atoms with Crippen LogP contribution in [0.4, 0.5) is 0 Å². The fraction of sp³-hybridized carbons (Fsp3) is 0.143. The third kappa shape index (κ3) is 3.40. The van der Waals surface area contributed by atoms with E-state index in [1.807, 2.05) is 12.1 Å². The lowest BCUT2D eigenvalue weighted by molar-refractivity contribution is 0.552. The van der Waals surface area contributed by atoms with Crippen molar-refractivity contribution in [1.29, 1.82) is 0 Å². The van der Waals surface area contributed by atoms with Gasteiger partial charge in [-0.05, 0) is 30.2 Å². The summed E-state index contributed by atoms with van der Waals surface area (Å²) >= 11 is 24.6. The van der Waals surface area contributed by atoms with E-state index >= 15 is 0 Å². The van der Waals surface area contributed by atoms with Crippen molar-refractivity contribution in [3.05, 3.63) is 67.6 Å². The minimum Gasteiger partial charge on any atom is -0.271 e. The molecule has 6 heteroatoms. The predicted molar refractivity (Wildman–Crippen MR) is 86.7 cm³/mol. The van der Waals surface area contributed by atoms with Crippen LogP contribution in [0.25, 0.3) is 0 Å². The Morgan fingerprint density at radius 3 is 2.05 bits per heavy atom. The number of rotatable bonds is 4. The summed E-state index contributed by atoms with van der Waals surface area (Å²) in [5, 5.41) is 2.12. The van der Waals surface area contributed by atoms with Crippen molar-refractivity contribution in [3.8, 4) is 0 Å². The Morgan fingerprint density at radius 2 is 1.45 bits per heavy atom. The minimum absolute atomic E-state index is 0.257. The molecule has 20 heavy (non-hydrogen) atoms. The molecule has 0 aliphatic heterocycles. The highest BCUT2D eigenvalue weighted by Gasteiger charge is 2.19. The van der Waals surface area contributed by atoms with Gasteiger partial charge in [0.2, 0.25) is 0 Å². The van der Waals surface area contributed by atoms with Gasteiger partial charge in [-0.3, -0.25) is 11.3 Å². The van der Waals surface area contributed by atoms with Crippen LogP contribution in [-0.2, 0) is 6.42 Å². The number of hydrazine groups is 1. The Kier molecular flexibility index (Phi) is 5.56. The standard InChI is InChI=1S/C14H12Cl4N2/c15-9-4-2-5-10(16)13(9)12(20-19)7-8-3-1-6-11(17)14(8)18/h1-6,12,20H,7,19H2. The van der Waals surface area contributed by atoms with Crippen molar-refractivity contribution >= 4 is 46.4 Å². The first-order valence-corrected chi connectivity index (χ1v) is 7.38. The van der Waals surface area contributed by atoms with Gasteiger partial charge in [0.25, 0.3) is 0 Å². The molecule has 0 fully saturated rings. The van der Waals surface area contributed by atoms with Crippen LogP contribution in [-0.4, -0.2) is 0 Å². The number of hydrogen-bond donors (Lipinski definition) is 2. The maximum absolute atomic E-state index is 6.20. The second-order valence-corrected chi connectivity index (χ2v) is 5.87. The average Bonchev–Trinajstić information content (AvgIpc) is 2.42. The van der Waals surface area contributed by atoms with Gasteiger partial charge >= 0.3 is 0 Å². The van der Waals surface area contributed by atoms with Crippen LogP contribution in [0.5, 0.6) is 0 Å². The van der Waals surface area contributed by atoms with Crippen molar-refractivity contribution in [2.45, 2.75) is 12.5 Å². The van der Waals surface area contributed by atoms with Gasteiger partial charge in [0.1, 0.15) is 0 Å². The van der Waals surface area contributed by atoms with E-state index in [4.69, 9.17) is 52.2 Å². The third-order valence-electron chi connectivity index (χ3n) is 3.00. The molecule has 2 aromatic carbocycles. The largest absolute Gasteiger partial charge is 0.271 e. The Bertz CT molecular complexity index is 596. The molecule has 0 heterocycles. The minimum atomic E-state index is -0.257. The fourth-order valence-electron chi connectivity index (χ4n) is 2.01. The van der Waals surface area contributed by atoms with E-state index in [2.05, 4.69) is 5.43 Å². The topological polar surface area (TPSA) is 38.0 Å². The van der Waals surface area contributed by atoms with Gasteiger partial charge in [-0.2, -0.15) is 0 Å². The Labute approximate surface area is 137 Å². The summed E-state index contributed by atoms with van der Waals surface area (Å²) in [4.78, 5) is 0. The molecule has 0 aliphatic carbocycles. The van der Waals surface area contributed by atoms with Gasteiger partial charge in [0.15, 0.2) is 0 Å². The molecule has 2 aromatic rings. The first kappa shape index (κ1) is 15.9. The summed E-state index contributed by atoms with van der Waals surface area (Å²) in [7, 11) is 0. The maximum atomic E-state index is 6.20. The van der Waals surface area contributed by atoms with Gasteiger partial charge in [-0.15, -0.1) is 0 Å². The van der Waals surface area contributed by atoms with Gasteiger partial charge < -0.3 is 0 Å². The first-order chi connectivity index (χ1) is 9.54. The normalized spacial score (nSPS) is 12.4. The smallest absolute Gasteiger partial charge is 0.0624 e. The summed E-state index contributed by atoms with van der Waals surface area (Å²) < 4.78 is 0. The van der Waals surface area contributed by atoms with Crippen LogP contribution < -0.4 is 11.3 Å². The summed E-state index contributed by atoms with van der Waals surface area (Å²) in [6.45, 7) is 0. The number of halogens is 4. The molecule has 1 atom stereocenters. The molecular formula is C14H12Cl4N2. The average molecular weight is 350 g/mol. The summed E-state index contributed by atoms with van der Waals surface area (Å²) in [5.74, 6) is 5.64. The Hall–Kier alpha value is -0.480. The summed E-state index contributed by atoms with van der Waals surface area (Å²) in [6, 6.07) is 10.5. The van der Waals surface area contributed by atoms with E-state index < -0.39 is 0 Å². The van der Waals surface area contributed by atoms with Crippen molar-refractivity contribution in [2.24, 2.45) is 5.84 Å². The van der Waals surface area contributed by atoms with E-state index in [1.54, 1.807) is 24.3 Å². The van der Waals surface area contributed by atoms with E-state index in [9.17, 15) is 0 Å². The monoisotopic (exact) mass is 348 g/mol. The number of benzene rings is 2. The number of hydrogen-bond acceptors (Lipinski definition) is 2. The van der Waals surface area contributed by atoms with Crippen LogP contribution in [0, 0.1) is 0 Å². The van der Waals surface area contributed by atoms with E-state index in [-0.39, 0.29) is 6.04 Å². The molecule has 0 amide bonds. The molecule has 0 aliphatic rings. The van der Waals surface area contributed by atoms with E-state index in [0.29, 0.717) is 26.5 Å². The lowest BCUT2D eigenvalue weighted by Gasteiger charge is -2.20. The number of nitrogens with two attached hydrogens (primary N) is 1. The zero-order valence-electron chi connectivity index (χ0n) is 10.3.